The Hall–Kier alpha value is -1.88. The molecule has 0 aliphatic carbocycles. The van der Waals surface area contributed by atoms with Gasteiger partial charge in [0.05, 0.1) is 0 Å². The maximum atomic E-state index is 13.2. The normalized spacial score (nSPS) is 13.4. The maximum absolute atomic E-state index is 13.2. The van der Waals surface area contributed by atoms with Gasteiger partial charge in [0.25, 0.3) is 5.91 Å². The Morgan fingerprint density at radius 3 is 2.41 bits per heavy atom. The van der Waals surface area contributed by atoms with Gasteiger partial charge >= 0.3 is 0 Å². The van der Waals surface area contributed by atoms with Gasteiger partial charge in [-0.05, 0) is 49.2 Å². The van der Waals surface area contributed by atoms with Crippen molar-refractivity contribution >= 4 is 17.5 Å². The van der Waals surface area contributed by atoms with Gasteiger partial charge in [0.2, 0.25) is 5.91 Å². The highest BCUT2D eigenvalue weighted by molar-refractivity contribution is 5.98. The Bertz CT molecular complexity index is 653. The van der Waals surface area contributed by atoms with E-state index in [1.807, 2.05) is 34.9 Å². The molecule has 1 heterocycles. The lowest BCUT2D eigenvalue weighted by molar-refractivity contribution is -0.118. The molecule has 1 aromatic rings. The second-order valence-electron chi connectivity index (χ2n) is 7.66. The van der Waals surface area contributed by atoms with Crippen LogP contribution in [0.5, 0.6) is 0 Å². The first-order chi connectivity index (χ1) is 12.9. The third-order valence-corrected chi connectivity index (χ3v) is 5.28. The second-order valence-corrected chi connectivity index (χ2v) is 7.66. The summed E-state index contributed by atoms with van der Waals surface area (Å²) < 4.78 is 0. The number of benzene rings is 1. The smallest absolute Gasteiger partial charge is 0.253 e. The molecular weight excluding hydrogens is 338 g/mol. The van der Waals surface area contributed by atoms with Crippen LogP contribution in [0.25, 0.3) is 0 Å². The van der Waals surface area contributed by atoms with Crippen LogP contribution < -0.4 is 4.90 Å². The summed E-state index contributed by atoms with van der Waals surface area (Å²) in [7, 11) is 0. The molecule has 0 unspecified atom stereocenters. The van der Waals surface area contributed by atoms with Crippen molar-refractivity contribution in [1.82, 2.24) is 9.80 Å². The van der Waals surface area contributed by atoms with Gasteiger partial charge in [-0.2, -0.15) is 0 Å². The Balaban J connectivity index is 2.16. The molecule has 150 valence electrons. The zero-order valence-electron chi connectivity index (χ0n) is 17.6. The highest BCUT2D eigenvalue weighted by Gasteiger charge is 2.25. The first kappa shape index (κ1) is 21.4. The van der Waals surface area contributed by atoms with E-state index in [-0.39, 0.29) is 11.8 Å². The minimum Gasteiger partial charge on any atom is -0.337 e. The molecule has 1 aromatic carbocycles. The SMILES string of the molecule is CCC(=O)N1CCc2cc(C(=O)N(CCN(CC)CC)CC(C)C)ccc21. The number of carbonyl (C=O) groups is 2. The van der Waals surface area contributed by atoms with Crippen LogP contribution in [0, 0.1) is 5.92 Å². The summed E-state index contributed by atoms with van der Waals surface area (Å²) in [5, 5.41) is 0. The van der Waals surface area contributed by atoms with Crippen molar-refractivity contribution < 1.29 is 9.59 Å². The molecule has 0 spiro atoms. The van der Waals surface area contributed by atoms with Crippen molar-refractivity contribution in [1.29, 1.82) is 0 Å². The van der Waals surface area contributed by atoms with Crippen LogP contribution in [0.2, 0.25) is 0 Å². The summed E-state index contributed by atoms with van der Waals surface area (Å²) in [5.74, 6) is 0.671. The summed E-state index contributed by atoms with van der Waals surface area (Å²) in [6.07, 6.45) is 1.33. The molecule has 1 aliphatic rings. The molecule has 0 atom stereocenters. The molecule has 27 heavy (non-hydrogen) atoms. The molecule has 0 N–H and O–H groups in total. The number of hydrogen-bond acceptors (Lipinski definition) is 3. The number of hydrogen-bond donors (Lipinski definition) is 0. The fourth-order valence-corrected chi connectivity index (χ4v) is 3.69. The average Bonchev–Trinajstić information content (AvgIpc) is 3.09. The van der Waals surface area contributed by atoms with Crippen LogP contribution in [-0.2, 0) is 11.2 Å². The largest absolute Gasteiger partial charge is 0.337 e. The molecule has 5 nitrogen and oxygen atoms in total. The predicted molar refractivity (Wildman–Crippen MR) is 111 cm³/mol. The second kappa shape index (κ2) is 9.88. The van der Waals surface area contributed by atoms with Crippen LogP contribution in [0.1, 0.15) is 57.0 Å². The molecule has 2 rings (SSSR count). The van der Waals surface area contributed by atoms with Crippen LogP contribution in [-0.4, -0.2) is 60.9 Å². The van der Waals surface area contributed by atoms with E-state index in [2.05, 4.69) is 32.6 Å². The molecular formula is C22H35N3O2. The van der Waals surface area contributed by atoms with Gasteiger partial charge in [-0.1, -0.05) is 34.6 Å². The number of nitrogens with zero attached hydrogens (tertiary/aromatic N) is 3. The fraction of sp³-hybridized carbons (Fsp3) is 0.636. The van der Waals surface area contributed by atoms with Gasteiger partial charge in [-0.15, -0.1) is 0 Å². The van der Waals surface area contributed by atoms with Gasteiger partial charge in [0.1, 0.15) is 0 Å². The number of rotatable bonds is 9. The van der Waals surface area contributed by atoms with Crippen molar-refractivity contribution in [3.63, 3.8) is 0 Å². The van der Waals surface area contributed by atoms with Crippen LogP contribution in [0.3, 0.4) is 0 Å². The Morgan fingerprint density at radius 2 is 1.81 bits per heavy atom. The van der Waals surface area contributed by atoms with Crippen LogP contribution >= 0.6 is 0 Å². The highest BCUT2D eigenvalue weighted by Crippen LogP contribution is 2.29. The van der Waals surface area contributed by atoms with Crippen molar-refractivity contribution in [2.24, 2.45) is 5.92 Å². The lowest BCUT2D eigenvalue weighted by atomic mass is 10.1. The third-order valence-electron chi connectivity index (χ3n) is 5.28. The Labute approximate surface area is 164 Å². The van der Waals surface area contributed by atoms with Gasteiger partial charge in [0, 0.05) is 43.9 Å². The first-order valence-electron chi connectivity index (χ1n) is 10.4. The Morgan fingerprint density at radius 1 is 1.11 bits per heavy atom. The zero-order valence-corrected chi connectivity index (χ0v) is 17.6. The van der Waals surface area contributed by atoms with Crippen molar-refractivity contribution in [3.05, 3.63) is 29.3 Å². The minimum atomic E-state index is 0.0962. The van der Waals surface area contributed by atoms with E-state index in [9.17, 15) is 9.59 Å². The van der Waals surface area contributed by atoms with E-state index in [1.54, 1.807) is 0 Å². The summed E-state index contributed by atoms with van der Waals surface area (Å²) >= 11 is 0. The molecule has 0 saturated carbocycles. The standard InChI is InChI=1S/C22H35N3O2/c1-6-21(26)25-12-11-18-15-19(9-10-20(18)25)22(27)24(16-17(4)5)14-13-23(7-2)8-3/h9-10,15,17H,6-8,11-14,16H2,1-5H3. The average molecular weight is 374 g/mol. The lowest BCUT2D eigenvalue weighted by Gasteiger charge is -2.28. The van der Waals surface area contributed by atoms with E-state index in [4.69, 9.17) is 0 Å². The van der Waals surface area contributed by atoms with Gasteiger partial charge in [0.15, 0.2) is 0 Å². The van der Waals surface area contributed by atoms with E-state index in [1.165, 1.54) is 0 Å². The van der Waals surface area contributed by atoms with E-state index in [0.717, 1.165) is 62.5 Å². The predicted octanol–water partition coefficient (Wildman–Crippen LogP) is 3.43. The first-order valence-corrected chi connectivity index (χ1v) is 10.4. The zero-order chi connectivity index (χ0) is 20.0. The van der Waals surface area contributed by atoms with Gasteiger partial charge in [-0.25, -0.2) is 0 Å². The molecule has 0 fully saturated rings. The van der Waals surface area contributed by atoms with Gasteiger partial charge in [-0.3, -0.25) is 9.59 Å². The third kappa shape index (κ3) is 5.32. The monoisotopic (exact) mass is 373 g/mol. The fourth-order valence-electron chi connectivity index (χ4n) is 3.69. The minimum absolute atomic E-state index is 0.0962. The van der Waals surface area contributed by atoms with Crippen LogP contribution in [0.4, 0.5) is 5.69 Å². The van der Waals surface area contributed by atoms with Crippen molar-refractivity contribution in [3.8, 4) is 0 Å². The molecule has 1 aliphatic heterocycles. The molecule has 0 bridgehead atoms. The molecule has 0 radical (unpaired) electrons. The van der Waals surface area contributed by atoms with E-state index in [0.29, 0.717) is 12.3 Å². The number of likely N-dealkylation sites (N-methyl/N-ethyl adjacent to an activating group) is 1. The molecule has 0 aromatic heterocycles. The molecule has 5 heteroatoms. The van der Waals surface area contributed by atoms with Crippen molar-refractivity contribution in [2.75, 3.05) is 44.2 Å². The number of amides is 2. The number of carbonyl (C=O) groups excluding carboxylic acids is 2. The van der Waals surface area contributed by atoms with E-state index < -0.39 is 0 Å². The Kier molecular flexibility index (Phi) is 7.84. The number of anilines is 1. The maximum Gasteiger partial charge on any atom is 0.253 e. The highest BCUT2D eigenvalue weighted by atomic mass is 16.2. The summed E-state index contributed by atoms with van der Waals surface area (Å²) in [6.45, 7) is 15.6. The van der Waals surface area contributed by atoms with Crippen LogP contribution in [0.15, 0.2) is 18.2 Å². The lowest BCUT2D eigenvalue weighted by Crippen LogP contribution is -2.40. The molecule has 0 saturated heterocycles. The summed E-state index contributed by atoms with van der Waals surface area (Å²) in [4.78, 5) is 31.4. The molecule has 2 amide bonds. The summed E-state index contributed by atoms with van der Waals surface area (Å²) in [5.41, 5.74) is 2.81. The quantitative estimate of drug-likeness (QED) is 0.666. The van der Waals surface area contributed by atoms with E-state index >= 15 is 0 Å². The number of fused-ring (bicyclic) bond motifs is 1. The summed E-state index contributed by atoms with van der Waals surface area (Å²) in [6, 6.07) is 5.82. The van der Waals surface area contributed by atoms with Crippen molar-refractivity contribution in [2.45, 2.75) is 47.5 Å². The topological polar surface area (TPSA) is 43.9 Å². The van der Waals surface area contributed by atoms with Gasteiger partial charge < -0.3 is 14.7 Å².